The second-order valence-corrected chi connectivity index (χ2v) is 8.18. The normalized spacial score (nSPS) is 44.2. The molecule has 0 saturated heterocycles. The average molecular weight is 267 g/mol. The minimum Gasteiger partial charge on any atom is -0.311 e. The van der Waals surface area contributed by atoms with Gasteiger partial charge in [0.2, 0.25) is 0 Å². The van der Waals surface area contributed by atoms with E-state index in [4.69, 9.17) is 0 Å². The Morgan fingerprint density at radius 1 is 0.950 bits per heavy atom. The Balaban J connectivity index is 1.29. The molecule has 0 aromatic heterocycles. The molecule has 106 valence electrons. The maximum absolute atomic E-state index is 4.07. The Morgan fingerprint density at radius 2 is 1.60 bits per heavy atom. The summed E-state index contributed by atoms with van der Waals surface area (Å²) in [5, 5.41) is 4.07. The van der Waals surface area contributed by atoms with Crippen LogP contribution in [0.15, 0.2) is 24.3 Å². The summed E-state index contributed by atoms with van der Waals surface area (Å²) in [6, 6.07) is 9.03. The Hall–Kier alpha value is -0.820. The van der Waals surface area contributed by atoms with E-state index in [0.29, 0.717) is 5.54 Å². The van der Waals surface area contributed by atoms with Crippen molar-refractivity contribution < 1.29 is 0 Å². The molecule has 1 nitrogen and oxygen atoms in total. The Bertz CT molecular complexity index is 497. The molecule has 20 heavy (non-hydrogen) atoms. The standard InChI is InChI=1S/C19H25N/c1-2-4-18-16(3-1)8-17(18)12-20-19-9-13-5-14(10-19)7-15(6-13)11-19/h1-4,13-15,17,20H,5-12H2. The van der Waals surface area contributed by atoms with E-state index in [-0.39, 0.29) is 0 Å². The highest BCUT2D eigenvalue weighted by atomic mass is 15.0. The highest BCUT2D eigenvalue weighted by Crippen LogP contribution is 2.55. The van der Waals surface area contributed by atoms with Gasteiger partial charge in [-0.15, -0.1) is 0 Å². The number of fused-ring (bicyclic) bond motifs is 1. The zero-order valence-electron chi connectivity index (χ0n) is 12.3. The van der Waals surface area contributed by atoms with E-state index < -0.39 is 0 Å². The van der Waals surface area contributed by atoms with Gasteiger partial charge in [-0.25, -0.2) is 0 Å². The lowest BCUT2D eigenvalue weighted by atomic mass is 9.53. The topological polar surface area (TPSA) is 12.0 Å². The molecule has 1 heteroatoms. The quantitative estimate of drug-likeness (QED) is 0.876. The fourth-order valence-electron chi connectivity index (χ4n) is 6.21. The predicted octanol–water partition coefficient (Wildman–Crippen LogP) is 3.88. The second-order valence-electron chi connectivity index (χ2n) is 8.18. The van der Waals surface area contributed by atoms with Gasteiger partial charge in [0.25, 0.3) is 0 Å². The molecular weight excluding hydrogens is 242 g/mol. The first-order valence-electron chi connectivity index (χ1n) is 8.62. The predicted molar refractivity (Wildman–Crippen MR) is 81.8 cm³/mol. The highest BCUT2D eigenvalue weighted by Gasteiger charge is 2.50. The molecule has 5 aliphatic rings. The molecule has 6 rings (SSSR count). The van der Waals surface area contributed by atoms with Crippen molar-refractivity contribution in [2.24, 2.45) is 17.8 Å². The van der Waals surface area contributed by atoms with Crippen molar-refractivity contribution in [2.75, 3.05) is 6.54 Å². The van der Waals surface area contributed by atoms with Crippen LogP contribution in [0.3, 0.4) is 0 Å². The first kappa shape index (κ1) is 11.8. The van der Waals surface area contributed by atoms with Crippen LogP contribution in [0.4, 0.5) is 0 Å². The summed E-state index contributed by atoms with van der Waals surface area (Å²) in [6.45, 7) is 1.23. The molecule has 0 amide bonds. The fourth-order valence-corrected chi connectivity index (χ4v) is 6.21. The van der Waals surface area contributed by atoms with E-state index in [1.165, 1.54) is 32.2 Å². The maximum atomic E-state index is 4.07. The van der Waals surface area contributed by atoms with Gasteiger partial charge >= 0.3 is 0 Å². The first-order valence-corrected chi connectivity index (χ1v) is 8.62. The summed E-state index contributed by atoms with van der Waals surface area (Å²) in [4.78, 5) is 0. The molecule has 1 aromatic carbocycles. The lowest BCUT2D eigenvalue weighted by molar-refractivity contribution is -0.0204. The molecule has 0 aliphatic heterocycles. The number of hydrogen-bond donors (Lipinski definition) is 1. The number of nitrogens with one attached hydrogen (secondary N) is 1. The average Bonchev–Trinajstić information content (AvgIpc) is 2.38. The largest absolute Gasteiger partial charge is 0.311 e. The SMILES string of the molecule is c1ccc2c(c1)CC2CNC12CC3CC(CC(C3)C1)C2. The van der Waals surface area contributed by atoms with Gasteiger partial charge in [-0.1, -0.05) is 24.3 Å². The summed E-state index contributed by atoms with van der Waals surface area (Å²) in [5.74, 6) is 3.96. The lowest BCUT2D eigenvalue weighted by Crippen LogP contribution is -2.59. The van der Waals surface area contributed by atoms with Crippen LogP contribution in [0.2, 0.25) is 0 Å². The summed E-state index contributed by atoms with van der Waals surface area (Å²) in [6.07, 6.45) is 10.4. The third kappa shape index (κ3) is 1.72. The number of rotatable bonds is 3. The minimum absolute atomic E-state index is 0.541. The van der Waals surface area contributed by atoms with Gasteiger partial charge < -0.3 is 5.32 Å². The third-order valence-electron chi connectivity index (χ3n) is 6.72. The molecule has 1 atom stereocenters. The zero-order valence-corrected chi connectivity index (χ0v) is 12.3. The van der Waals surface area contributed by atoms with Crippen molar-refractivity contribution in [3.05, 3.63) is 35.4 Å². The second kappa shape index (κ2) is 4.10. The van der Waals surface area contributed by atoms with Gasteiger partial charge in [0.05, 0.1) is 0 Å². The molecule has 0 heterocycles. The lowest BCUT2D eigenvalue weighted by Gasteiger charge is -2.57. The van der Waals surface area contributed by atoms with Gasteiger partial charge in [0, 0.05) is 18.0 Å². The maximum Gasteiger partial charge on any atom is 0.0189 e. The van der Waals surface area contributed by atoms with Crippen molar-refractivity contribution in [1.29, 1.82) is 0 Å². The van der Waals surface area contributed by atoms with E-state index in [0.717, 1.165) is 23.7 Å². The van der Waals surface area contributed by atoms with Gasteiger partial charge in [-0.2, -0.15) is 0 Å². The zero-order chi connectivity index (χ0) is 13.2. The summed E-state index contributed by atoms with van der Waals surface area (Å²) in [5.41, 5.74) is 3.74. The van der Waals surface area contributed by atoms with Crippen molar-refractivity contribution in [2.45, 2.75) is 56.4 Å². The molecule has 5 aliphatic carbocycles. The first-order chi connectivity index (χ1) is 9.80. The van der Waals surface area contributed by atoms with Crippen LogP contribution in [-0.4, -0.2) is 12.1 Å². The third-order valence-corrected chi connectivity index (χ3v) is 6.72. The van der Waals surface area contributed by atoms with Gasteiger partial charge in [-0.3, -0.25) is 0 Å². The van der Waals surface area contributed by atoms with E-state index in [1.54, 1.807) is 30.4 Å². The van der Waals surface area contributed by atoms with Gasteiger partial charge in [0.15, 0.2) is 0 Å². The molecule has 1 N–H and O–H groups in total. The molecule has 4 saturated carbocycles. The molecule has 4 fully saturated rings. The summed E-state index contributed by atoms with van der Waals surface area (Å²) in [7, 11) is 0. The Morgan fingerprint density at radius 3 is 2.25 bits per heavy atom. The fraction of sp³-hybridized carbons (Fsp3) is 0.684. The smallest absolute Gasteiger partial charge is 0.0189 e. The van der Waals surface area contributed by atoms with Gasteiger partial charge in [-0.05, 0) is 73.8 Å². The van der Waals surface area contributed by atoms with Crippen molar-refractivity contribution >= 4 is 0 Å². The van der Waals surface area contributed by atoms with Crippen LogP contribution in [0.5, 0.6) is 0 Å². The Labute approximate surface area is 122 Å². The Kier molecular flexibility index (Phi) is 2.42. The minimum atomic E-state index is 0.541. The van der Waals surface area contributed by atoms with Crippen LogP contribution >= 0.6 is 0 Å². The molecule has 1 aromatic rings. The van der Waals surface area contributed by atoms with E-state index in [9.17, 15) is 0 Å². The van der Waals surface area contributed by atoms with Crippen LogP contribution in [-0.2, 0) is 6.42 Å². The molecule has 4 bridgehead atoms. The highest BCUT2D eigenvalue weighted by molar-refractivity contribution is 5.40. The van der Waals surface area contributed by atoms with Crippen molar-refractivity contribution in [1.82, 2.24) is 5.32 Å². The monoisotopic (exact) mass is 267 g/mol. The van der Waals surface area contributed by atoms with Crippen LogP contribution in [0, 0.1) is 17.8 Å². The molecule has 0 radical (unpaired) electrons. The van der Waals surface area contributed by atoms with E-state index >= 15 is 0 Å². The van der Waals surface area contributed by atoms with Crippen LogP contribution in [0.25, 0.3) is 0 Å². The van der Waals surface area contributed by atoms with Crippen molar-refractivity contribution in [3.63, 3.8) is 0 Å². The summed E-state index contributed by atoms with van der Waals surface area (Å²) >= 11 is 0. The summed E-state index contributed by atoms with van der Waals surface area (Å²) < 4.78 is 0. The van der Waals surface area contributed by atoms with E-state index in [2.05, 4.69) is 29.6 Å². The molecule has 1 unspecified atom stereocenters. The molecular formula is C19H25N. The van der Waals surface area contributed by atoms with Crippen molar-refractivity contribution in [3.8, 4) is 0 Å². The number of benzene rings is 1. The number of hydrogen-bond acceptors (Lipinski definition) is 1. The van der Waals surface area contributed by atoms with Crippen LogP contribution in [0.1, 0.15) is 55.6 Å². The van der Waals surface area contributed by atoms with Crippen LogP contribution < -0.4 is 5.32 Å². The van der Waals surface area contributed by atoms with E-state index in [1.807, 2.05) is 0 Å². The molecule has 0 spiro atoms. The van der Waals surface area contributed by atoms with Gasteiger partial charge in [0.1, 0.15) is 0 Å².